The Morgan fingerprint density at radius 2 is 2.05 bits per heavy atom. The van der Waals surface area contributed by atoms with Crippen molar-refractivity contribution in [1.29, 1.82) is 0 Å². The van der Waals surface area contributed by atoms with Crippen LogP contribution in [-0.2, 0) is 4.79 Å². The van der Waals surface area contributed by atoms with Crippen molar-refractivity contribution in [3.8, 4) is 28.3 Å². The number of pyridine rings is 2. The second-order valence-electron chi connectivity index (χ2n) is 9.59. The number of imidazole rings is 2. The lowest BCUT2D eigenvalue weighted by molar-refractivity contribution is -0.116. The van der Waals surface area contributed by atoms with Gasteiger partial charge in [0.2, 0.25) is 5.91 Å². The molecule has 0 fully saturated rings. The van der Waals surface area contributed by atoms with Gasteiger partial charge in [-0.25, -0.2) is 19.3 Å². The predicted molar refractivity (Wildman–Crippen MR) is 142 cm³/mol. The minimum Gasteiger partial charge on any atom is -0.333 e. The summed E-state index contributed by atoms with van der Waals surface area (Å²) in [4.78, 5) is 33.1. The second-order valence-corrected chi connectivity index (χ2v) is 9.59. The van der Waals surface area contributed by atoms with Crippen LogP contribution < -0.4 is 5.32 Å². The van der Waals surface area contributed by atoms with Crippen LogP contribution in [0.1, 0.15) is 26.0 Å². The number of fused-ring (bicyclic) bond motifs is 2. The number of benzene rings is 1. The van der Waals surface area contributed by atoms with Crippen LogP contribution >= 0.6 is 0 Å². The molecule has 0 spiro atoms. The van der Waals surface area contributed by atoms with E-state index in [0.29, 0.717) is 51.3 Å². The summed E-state index contributed by atoms with van der Waals surface area (Å²) in [7, 11) is 0. The molecule has 0 atom stereocenters. The Labute approximate surface area is 216 Å². The third-order valence-corrected chi connectivity index (χ3v) is 6.16. The van der Waals surface area contributed by atoms with E-state index >= 15 is 4.39 Å². The number of carbonyl (C=O) groups excluding carboxylic acids is 1. The van der Waals surface area contributed by atoms with Gasteiger partial charge in [0.25, 0.3) is 0 Å². The van der Waals surface area contributed by atoms with Gasteiger partial charge in [-0.1, -0.05) is 13.8 Å². The number of nitrogens with one attached hydrogen (secondary N) is 3. The van der Waals surface area contributed by atoms with Crippen LogP contribution in [0.2, 0.25) is 0 Å². The quantitative estimate of drug-likeness (QED) is 0.284. The van der Waals surface area contributed by atoms with Gasteiger partial charge in [0.05, 0.1) is 35.1 Å². The van der Waals surface area contributed by atoms with Gasteiger partial charge in [0.1, 0.15) is 17.0 Å². The number of H-pyrrole nitrogens is 2. The molecule has 1 aromatic carbocycles. The summed E-state index contributed by atoms with van der Waals surface area (Å²) in [6.45, 7) is 5.86. The fraction of sp³-hybridized carbons (Fsp3) is 0.185. The maximum absolute atomic E-state index is 15.2. The molecule has 38 heavy (non-hydrogen) atoms. The summed E-state index contributed by atoms with van der Waals surface area (Å²) in [5, 5.41) is 10.8. The molecular formula is C27H24FN9O. The topological polar surface area (TPSA) is 130 Å². The molecule has 0 radical (unpaired) electrons. The van der Waals surface area contributed by atoms with Gasteiger partial charge in [0, 0.05) is 47.6 Å². The molecular weight excluding hydrogens is 485 g/mol. The average molecular weight is 510 g/mol. The van der Waals surface area contributed by atoms with Crippen molar-refractivity contribution in [1.82, 2.24) is 39.7 Å². The SMILES string of the molecule is Cc1cn(-c2ccnc3nc(-c4n[nH]c5cc(F)c(-c6cncc(NC(=O)CC(C)C)c6)cc45)[nH]c23)cn1. The number of hydrogen-bond donors (Lipinski definition) is 3. The third-order valence-electron chi connectivity index (χ3n) is 6.16. The fourth-order valence-electron chi connectivity index (χ4n) is 4.46. The van der Waals surface area contributed by atoms with Crippen molar-refractivity contribution in [2.24, 2.45) is 5.92 Å². The van der Waals surface area contributed by atoms with Gasteiger partial charge in [-0.05, 0) is 31.0 Å². The number of amides is 1. The number of aromatic amines is 2. The highest BCUT2D eigenvalue weighted by molar-refractivity contribution is 5.97. The van der Waals surface area contributed by atoms with E-state index in [2.05, 4.69) is 40.4 Å². The molecule has 0 bridgehead atoms. The minimum absolute atomic E-state index is 0.115. The zero-order chi connectivity index (χ0) is 26.4. The molecule has 0 aliphatic heterocycles. The summed E-state index contributed by atoms with van der Waals surface area (Å²) in [5.41, 5.74) is 5.41. The number of aryl methyl sites for hydroxylation is 1. The summed E-state index contributed by atoms with van der Waals surface area (Å²) in [5.74, 6) is 0.160. The van der Waals surface area contributed by atoms with Gasteiger partial charge in [-0.3, -0.25) is 14.9 Å². The molecule has 5 aromatic heterocycles. The number of rotatable bonds is 6. The fourth-order valence-corrected chi connectivity index (χ4v) is 4.46. The minimum atomic E-state index is -0.441. The van der Waals surface area contributed by atoms with E-state index in [1.807, 2.05) is 37.6 Å². The van der Waals surface area contributed by atoms with E-state index < -0.39 is 5.82 Å². The van der Waals surface area contributed by atoms with Gasteiger partial charge in [0.15, 0.2) is 11.5 Å². The van der Waals surface area contributed by atoms with Crippen molar-refractivity contribution in [2.75, 3.05) is 5.32 Å². The van der Waals surface area contributed by atoms with E-state index in [0.717, 1.165) is 16.9 Å². The Morgan fingerprint density at radius 1 is 1.18 bits per heavy atom. The number of hydrogen-bond acceptors (Lipinski definition) is 6. The Hall–Kier alpha value is -4.93. The highest BCUT2D eigenvalue weighted by Gasteiger charge is 2.18. The first-order valence-corrected chi connectivity index (χ1v) is 12.1. The second kappa shape index (κ2) is 9.18. The zero-order valence-corrected chi connectivity index (χ0v) is 21.0. The highest BCUT2D eigenvalue weighted by Crippen LogP contribution is 2.33. The zero-order valence-electron chi connectivity index (χ0n) is 21.0. The van der Waals surface area contributed by atoms with Crippen LogP contribution in [0.15, 0.2) is 55.4 Å². The first-order chi connectivity index (χ1) is 18.4. The van der Waals surface area contributed by atoms with Crippen molar-refractivity contribution in [3.63, 3.8) is 0 Å². The van der Waals surface area contributed by atoms with Gasteiger partial charge in [-0.15, -0.1) is 0 Å². The maximum atomic E-state index is 15.2. The Kier molecular flexibility index (Phi) is 5.67. The molecule has 0 aliphatic carbocycles. The van der Waals surface area contributed by atoms with Crippen LogP contribution in [-0.4, -0.2) is 45.6 Å². The van der Waals surface area contributed by atoms with E-state index in [9.17, 15) is 4.79 Å². The van der Waals surface area contributed by atoms with Crippen molar-refractivity contribution in [3.05, 3.63) is 66.9 Å². The third kappa shape index (κ3) is 4.27. The Morgan fingerprint density at radius 3 is 2.84 bits per heavy atom. The maximum Gasteiger partial charge on any atom is 0.224 e. The summed E-state index contributed by atoms with van der Waals surface area (Å²) in [6, 6.07) is 6.69. The average Bonchev–Trinajstić information content (AvgIpc) is 3.60. The first-order valence-electron chi connectivity index (χ1n) is 12.1. The molecule has 3 N–H and O–H groups in total. The highest BCUT2D eigenvalue weighted by atomic mass is 19.1. The van der Waals surface area contributed by atoms with Crippen molar-refractivity contribution < 1.29 is 9.18 Å². The van der Waals surface area contributed by atoms with E-state index in [-0.39, 0.29) is 11.8 Å². The Balaban J connectivity index is 1.41. The standard InChI is InChI=1S/C27H24FN9O/c1-14(2)6-23(38)32-17-7-16(10-29-11-17)18-8-19-21(9-20(18)28)35-36-24(19)27-33-25-22(4-5-30-26(25)34-27)37-12-15(3)31-13-37/h4-5,7-14H,6H2,1-3H3,(H,32,38)(H,35,36)(H,30,33,34). The van der Waals surface area contributed by atoms with Crippen LogP contribution in [0.5, 0.6) is 0 Å². The lowest BCUT2D eigenvalue weighted by Crippen LogP contribution is -2.14. The predicted octanol–water partition coefficient (Wildman–Crippen LogP) is 5.18. The summed E-state index contributed by atoms with van der Waals surface area (Å²) < 4.78 is 17.1. The van der Waals surface area contributed by atoms with Crippen molar-refractivity contribution in [2.45, 2.75) is 27.2 Å². The lowest BCUT2D eigenvalue weighted by atomic mass is 10.0. The molecule has 1 amide bonds. The van der Waals surface area contributed by atoms with Gasteiger partial charge >= 0.3 is 0 Å². The molecule has 11 heteroatoms. The van der Waals surface area contributed by atoms with E-state index in [4.69, 9.17) is 0 Å². The number of aromatic nitrogens is 8. The Bertz CT molecular complexity index is 1810. The van der Waals surface area contributed by atoms with Gasteiger partial charge in [-0.2, -0.15) is 5.10 Å². The molecule has 6 aromatic rings. The molecule has 0 saturated heterocycles. The van der Waals surface area contributed by atoms with Crippen LogP contribution in [0.25, 0.3) is 50.4 Å². The molecule has 10 nitrogen and oxygen atoms in total. The van der Waals surface area contributed by atoms with Crippen molar-refractivity contribution >= 4 is 33.7 Å². The molecule has 0 saturated carbocycles. The number of carbonyl (C=O) groups is 1. The molecule has 190 valence electrons. The van der Waals surface area contributed by atoms with E-state index in [1.54, 1.807) is 37.1 Å². The molecule has 5 heterocycles. The van der Waals surface area contributed by atoms with Crippen LogP contribution in [0.3, 0.4) is 0 Å². The van der Waals surface area contributed by atoms with Gasteiger partial charge < -0.3 is 14.9 Å². The largest absolute Gasteiger partial charge is 0.333 e. The lowest BCUT2D eigenvalue weighted by Gasteiger charge is -2.09. The normalized spacial score (nSPS) is 11.6. The number of nitrogens with zero attached hydrogens (tertiary/aromatic N) is 6. The number of halogens is 1. The summed E-state index contributed by atoms with van der Waals surface area (Å²) >= 11 is 0. The monoisotopic (exact) mass is 509 g/mol. The smallest absolute Gasteiger partial charge is 0.224 e. The first kappa shape index (κ1) is 23.5. The van der Waals surface area contributed by atoms with Crippen LogP contribution in [0, 0.1) is 18.7 Å². The summed E-state index contributed by atoms with van der Waals surface area (Å²) in [6.07, 6.45) is 8.83. The molecule has 0 aliphatic rings. The number of anilines is 1. The van der Waals surface area contributed by atoms with Crippen LogP contribution in [0.4, 0.5) is 10.1 Å². The molecule has 0 unspecified atom stereocenters. The molecule has 6 rings (SSSR count). The van der Waals surface area contributed by atoms with E-state index in [1.165, 1.54) is 6.07 Å².